The molecule has 1 N–H and O–H groups in total. The molecule has 0 fully saturated rings. The van der Waals surface area contributed by atoms with Gasteiger partial charge in [-0.3, -0.25) is 10.1 Å². The van der Waals surface area contributed by atoms with E-state index in [0.29, 0.717) is 11.7 Å². The molecule has 0 atom stereocenters. The Morgan fingerprint density at radius 2 is 2.28 bits per heavy atom. The number of nitro groups is 1. The molecule has 8 nitrogen and oxygen atoms in total. The summed E-state index contributed by atoms with van der Waals surface area (Å²) in [5.41, 5.74) is -0.171. The number of aromatic nitrogens is 3. The lowest BCUT2D eigenvalue weighted by molar-refractivity contribution is -0.384. The summed E-state index contributed by atoms with van der Waals surface area (Å²) in [7, 11) is 0. The lowest BCUT2D eigenvalue weighted by Crippen LogP contribution is -2.05. The predicted octanol–water partition coefficient (Wildman–Crippen LogP) is 1.95. The van der Waals surface area contributed by atoms with Crippen molar-refractivity contribution in [1.82, 2.24) is 15.1 Å². The minimum absolute atomic E-state index is 0.0587. The lowest BCUT2D eigenvalue weighted by Gasteiger charge is -2.03. The number of nitrogens with one attached hydrogen (secondary N) is 1. The summed E-state index contributed by atoms with van der Waals surface area (Å²) in [5.74, 6) is 0.854. The second-order valence-corrected chi connectivity index (χ2v) is 3.73. The van der Waals surface area contributed by atoms with Gasteiger partial charge in [-0.15, -0.1) is 0 Å². The zero-order valence-corrected chi connectivity index (χ0v) is 10.0. The molecule has 2 aromatic rings. The Morgan fingerprint density at radius 1 is 1.50 bits per heavy atom. The van der Waals surface area contributed by atoms with Crippen molar-refractivity contribution in [2.75, 3.05) is 5.32 Å². The highest BCUT2D eigenvalue weighted by molar-refractivity contribution is 6.29. The Labute approximate surface area is 106 Å². The van der Waals surface area contributed by atoms with Crippen molar-refractivity contribution in [2.45, 2.75) is 13.5 Å². The fourth-order valence-corrected chi connectivity index (χ4v) is 1.42. The second kappa shape index (κ2) is 4.96. The summed E-state index contributed by atoms with van der Waals surface area (Å²) in [5, 5.41) is 17.3. The largest absolute Gasteiger partial charge is 0.355 e. The third-order valence-electron chi connectivity index (χ3n) is 2.01. The van der Waals surface area contributed by atoms with Crippen molar-refractivity contribution in [3.8, 4) is 0 Å². The molecule has 2 aromatic heterocycles. The van der Waals surface area contributed by atoms with Gasteiger partial charge in [-0.25, -0.2) is 4.98 Å². The van der Waals surface area contributed by atoms with Gasteiger partial charge < -0.3 is 9.84 Å². The van der Waals surface area contributed by atoms with Crippen molar-refractivity contribution in [2.24, 2.45) is 0 Å². The summed E-state index contributed by atoms with van der Waals surface area (Å²) >= 11 is 5.68. The molecule has 0 radical (unpaired) electrons. The molecular weight excluding hydrogens is 262 g/mol. The van der Waals surface area contributed by atoms with Gasteiger partial charge in [-0.1, -0.05) is 16.8 Å². The quantitative estimate of drug-likeness (QED) is 0.513. The van der Waals surface area contributed by atoms with E-state index in [1.807, 2.05) is 0 Å². The second-order valence-electron chi connectivity index (χ2n) is 3.35. The first-order valence-corrected chi connectivity index (χ1v) is 5.28. The zero-order chi connectivity index (χ0) is 13.1. The molecule has 2 heterocycles. The molecule has 0 saturated heterocycles. The minimum Gasteiger partial charge on any atom is -0.355 e. The SMILES string of the molecule is Cc1noc(CNc2nc(Cl)ccc2[N+](=O)[O-])n1. The van der Waals surface area contributed by atoms with Crippen LogP contribution in [0.3, 0.4) is 0 Å². The lowest BCUT2D eigenvalue weighted by atomic mass is 10.4. The van der Waals surface area contributed by atoms with E-state index < -0.39 is 4.92 Å². The maximum atomic E-state index is 10.8. The summed E-state index contributed by atoms with van der Waals surface area (Å²) in [6.45, 7) is 1.81. The van der Waals surface area contributed by atoms with Gasteiger partial charge in [0.25, 0.3) is 0 Å². The van der Waals surface area contributed by atoms with Gasteiger partial charge in [0, 0.05) is 6.07 Å². The number of halogens is 1. The number of nitrogens with zero attached hydrogens (tertiary/aromatic N) is 4. The van der Waals surface area contributed by atoms with E-state index in [2.05, 4.69) is 20.4 Å². The Kier molecular flexibility index (Phi) is 3.38. The monoisotopic (exact) mass is 269 g/mol. The number of hydrogen-bond acceptors (Lipinski definition) is 7. The van der Waals surface area contributed by atoms with Gasteiger partial charge in [0.2, 0.25) is 11.7 Å². The molecule has 0 saturated carbocycles. The summed E-state index contributed by atoms with van der Waals surface area (Å²) < 4.78 is 4.86. The first-order valence-electron chi connectivity index (χ1n) is 4.90. The number of anilines is 1. The topological polar surface area (TPSA) is 107 Å². The van der Waals surface area contributed by atoms with Crippen LogP contribution >= 0.6 is 11.6 Å². The number of rotatable bonds is 4. The summed E-state index contributed by atoms with van der Waals surface area (Å²) in [6, 6.07) is 2.62. The molecule has 94 valence electrons. The van der Waals surface area contributed by atoms with Crippen LogP contribution in [0.25, 0.3) is 0 Å². The van der Waals surface area contributed by atoms with Crippen LogP contribution in [0.15, 0.2) is 16.7 Å². The van der Waals surface area contributed by atoms with E-state index in [1.54, 1.807) is 6.92 Å². The number of pyridine rings is 1. The highest BCUT2D eigenvalue weighted by Gasteiger charge is 2.16. The van der Waals surface area contributed by atoms with Crippen molar-refractivity contribution in [3.63, 3.8) is 0 Å². The first-order chi connectivity index (χ1) is 8.56. The third-order valence-corrected chi connectivity index (χ3v) is 2.22. The Morgan fingerprint density at radius 3 is 2.89 bits per heavy atom. The molecule has 0 aliphatic rings. The van der Waals surface area contributed by atoms with Crippen LogP contribution in [0.1, 0.15) is 11.7 Å². The normalized spacial score (nSPS) is 10.3. The fourth-order valence-electron chi connectivity index (χ4n) is 1.28. The molecular formula is C9H8ClN5O3. The first kappa shape index (κ1) is 12.2. The van der Waals surface area contributed by atoms with Crippen LogP contribution in [0, 0.1) is 17.0 Å². The summed E-state index contributed by atoms with van der Waals surface area (Å²) in [6.07, 6.45) is 0. The van der Waals surface area contributed by atoms with E-state index in [4.69, 9.17) is 16.1 Å². The van der Waals surface area contributed by atoms with Gasteiger partial charge in [-0.05, 0) is 13.0 Å². The highest BCUT2D eigenvalue weighted by Crippen LogP contribution is 2.24. The molecule has 0 amide bonds. The molecule has 9 heteroatoms. The third kappa shape index (κ3) is 2.72. The van der Waals surface area contributed by atoms with E-state index in [-0.39, 0.29) is 23.2 Å². The van der Waals surface area contributed by atoms with Crippen molar-refractivity contribution >= 4 is 23.1 Å². The minimum atomic E-state index is -0.551. The predicted molar refractivity (Wildman–Crippen MR) is 62.3 cm³/mol. The van der Waals surface area contributed by atoms with Gasteiger partial charge in [0.05, 0.1) is 11.5 Å². The van der Waals surface area contributed by atoms with Crippen molar-refractivity contribution in [1.29, 1.82) is 0 Å². The van der Waals surface area contributed by atoms with Crippen molar-refractivity contribution < 1.29 is 9.45 Å². The standard InChI is InChI=1S/C9H8ClN5O3/c1-5-12-8(18-14-5)4-11-9-6(15(16)17)2-3-7(10)13-9/h2-3H,4H2,1H3,(H,11,13). The fraction of sp³-hybridized carbons (Fsp3) is 0.222. The van der Waals surface area contributed by atoms with Crippen LogP contribution in [-0.2, 0) is 6.54 Å². The van der Waals surface area contributed by atoms with E-state index in [1.165, 1.54) is 12.1 Å². The summed E-state index contributed by atoms with van der Waals surface area (Å²) in [4.78, 5) is 18.0. The molecule has 0 spiro atoms. The van der Waals surface area contributed by atoms with Gasteiger partial charge >= 0.3 is 5.69 Å². The molecule has 0 aliphatic heterocycles. The van der Waals surface area contributed by atoms with E-state index in [9.17, 15) is 10.1 Å². The van der Waals surface area contributed by atoms with E-state index in [0.717, 1.165) is 0 Å². The molecule has 0 bridgehead atoms. The van der Waals surface area contributed by atoms with Gasteiger partial charge in [0.1, 0.15) is 5.15 Å². The number of aryl methyl sites for hydroxylation is 1. The number of hydrogen-bond donors (Lipinski definition) is 1. The Hall–Kier alpha value is -2.22. The average molecular weight is 270 g/mol. The molecule has 0 aliphatic carbocycles. The maximum Gasteiger partial charge on any atom is 0.311 e. The molecule has 18 heavy (non-hydrogen) atoms. The van der Waals surface area contributed by atoms with Crippen LogP contribution in [0.4, 0.5) is 11.5 Å². The average Bonchev–Trinajstić information content (AvgIpc) is 2.72. The van der Waals surface area contributed by atoms with E-state index >= 15 is 0 Å². The molecule has 2 rings (SSSR count). The Bertz CT molecular complexity index is 585. The smallest absolute Gasteiger partial charge is 0.311 e. The van der Waals surface area contributed by atoms with Crippen molar-refractivity contribution in [3.05, 3.63) is 39.1 Å². The van der Waals surface area contributed by atoms with Crippen LogP contribution < -0.4 is 5.32 Å². The highest BCUT2D eigenvalue weighted by atomic mass is 35.5. The zero-order valence-electron chi connectivity index (χ0n) is 9.25. The molecule has 0 unspecified atom stereocenters. The Balaban J connectivity index is 2.17. The molecule has 0 aromatic carbocycles. The van der Waals surface area contributed by atoms with Crippen LogP contribution in [0.2, 0.25) is 5.15 Å². The van der Waals surface area contributed by atoms with Crippen LogP contribution in [0.5, 0.6) is 0 Å². The van der Waals surface area contributed by atoms with Gasteiger partial charge in [-0.2, -0.15) is 4.98 Å². The van der Waals surface area contributed by atoms with Gasteiger partial charge in [0.15, 0.2) is 5.82 Å². The van der Waals surface area contributed by atoms with Crippen LogP contribution in [-0.4, -0.2) is 20.0 Å². The maximum absolute atomic E-state index is 10.8.